The van der Waals surface area contributed by atoms with E-state index >= 15 is 0 Å². The van der Waals surface area contributed by atoms with Gasteiger partial charge in [0.25, 0.3) is 0 Å². The molecule has 0 radical (unpaired) electrons. The maximum atomic E-state index is 11.2. The van der Waals surface area contributed by atoms with E-state index in [1.165, 1.54) is 11.3 Å². The Morgan fingerprint density at radius 1 is 0.708 bits per heavy atom. The van der Waals surface area contributed by atoms with Gasteiger partial charge in [-0.25, -0.2) is 0 Å². The zero-order chi connectivity index (χ0) is 16.8. The van der Waals surface area contributed by atoms with Crippen molar-refractivity contribution in [3.05, 3.63) is 102 Å². The molecule has 0 bridgehead atoms. The van der Waals surface area contributed by atoms with E-state index in [1.807, 2.05) is 36.4 Å². The van der Waals surface area contributed by atoms with Gasteiger partial charge in [0.2, 0.25) is 5.91 Å². The molecule has 0 atom stereocenters. The average Bonchev–Trinajstić information content (AvgIpc) is 2.63. The summed E-state index contributed by atoms with van der Waals surface area (Å²) in [6.07, 6.45) is 0. The molecule has 1 amide bonds. The summed E-state index contributed by atoms with van der Waals surface area (Å²) in [6.45, 7) is 1.58. The Balaban J connectivity index is 1.83. The van der Waals surface area contributed by atoms with Crippen LogP contribution in [0.15, 0.2) is 84.9 Å². The van der Waals surface area contributed by atoms with E-state index in [0.717, 1.165) is 18.7 Å². The smallest absolute Gasteiger partial charge is 0.248 e. The monoisotopic (exact) mass is 316 g/mol. The van der Waals surface area contributed by atoms with Gasteiger partial charge < -0.3 is 10.6 Å². The number of carbonyl (C=O) groups excluding carboxylic acids is 1. The average molecular weight is 316 g/mol. The van der Waals surface area contributed by atoms with Crippen molar-refractivity contribution in [3.8, 4) is 0 Å². The van der Waals surface area contributed by atoms with Gasteiger partial charge in [-0.2, -0.15) is 0 Å². The Bertz CT molecular complexity index is 783. The molecule has 3 nitrogen and oxygen atoms in total. The van der Waals surface area contributed by atoms with E-state index in [1.54, 1.807) is 12.1 Å². The summed E-state index contributed by atoms with van der Waals surface area (Å²) in [4.78, 5) is 13.5. The van der Waals surface area contributed by atoms with Crippen LogP contribution in [0.3, 0.4) is 0 Å². The maximum Gasteiger partial charge on any atom is 0.248 e. The summed E-state index contributed by atoms with van der Waals surface area (Å²) in [6, 6.07) is 28.2. The molecule has 0 heterocycles. The molecule has 3 rings (SSSR count). The van der Waals surface area contributed by atoms with Crippen LogP contribution in [0.5, 0.6) is 0 Å². The molecule has 0 saturated heterocycles. The van der Waals surface area contributed by atoms with Crippen LogP contribution in [0, 0.1) is 0 Å². The van der Waals surface area contributed by atoms with Crippen LogP contribution in [0.25, 0.3) is 0 Å². The van der Waals surface area contributed by atoms with Crippen LogP contribution in [0.4, 0.5) is 5.69 Å². The van der Waals surface area contributed by atoms with Crippen molar-refractivity contribution in [2.45, 2.75) is 13.1 Å². The number of nitrogens with two attached hydrogens (primary N) is 1. The predicted molar refractivity (Wildman–Crippen MR) is 97.7 cm³/mol. The molecule has 0 saturated carbocycles. The van der Waals surface area contributed by atoms with Gasteiger partial charge in [-0.15, -0.1) is 0 Å². The molecule has 3 heteroatoms. The quantitative estimate of drug-likeness (QED) is 0.747. The van der Waals surface area contributed by atoms with Crippen LogP contribution < -0.4 is 10.6 Å². The van der Waals surface area contributed by atoms with Gasteiger partial charge in [-0.05, 0) is 35.4 Å². The number of nitrogens with zero attached hydrogens (tertiary/aromatic N) is 1. The standard InChI is InChI=1S/C21H20N2O/c22-21(24)19-13-11-18(12-14-19)16-23(20-9-5-2-6-10-20)15-17-7-3-1-4-8-17/h1-14H,15-16H2,(H2,22,24). The molecule has 0 aliphatic heterocycles. The summed E-state index contributed by atoms with van der Waals surface area (Å²) < 4.78 is 0. The molecule has 120 valence electrons. The van der Waals surface area contributed by atoms with Gasteiger partial charge in [-0.3, -0.25) is 4.79 Å². The molecule has 0 unspecified atom stereocenters. The number of rotatable bonds is 6. The van der Waals surface area contributed by atoms with Crippen LogP contribution >= 0.6 is 0 Å². The van der Waals surface area contributed by atoms with Gasteiger partial charge in [0.15, 0.2) is 0 Å². The second-order valence-corrected chi connectivity index (χ2v) is 5.74. The molecule has 0 aliphatic carbocycles. The van der Waals surface area contributed by atoms with E-state index in [9.17, 15) is 4.79 Å². The SMILES string of the molecule is NC(=O)c1ccc(CN(Cc2ccccc2)c2ccccc2)cc1. The zero-order valence-corrected chi connectivity index (χ0v) is 13.4. The highest BCUT2D eigenvalue weighted by Gasteiger charge is 2.09. The molecular weight excluding hydrogens is 296 g/mol. The lowest BCUT2D eigenvalue weighted by Crippen LogP contribution is -2.22. The van der Waals surface area contributed by atoms with Gasteiger partial charge in [0.1, 0.15) is 0 Å². The van der Waals surface area contributed by atoms with E-state index in [-0.39, 0.29) is 0 Å². The topological polar surface area (TPSA) is 46.3 Å². The molecule has 0 spiro atoms. The number of anilines is 1. The number of carbonyl (C=O) groups is 1. The first-order chi connectivity index (χ1) is 11.7. The maximum absolute atomic E-state index is 11.2. The summed E-state index contributed by atoms with van der Waals surface area (Å²) in [5.41, 5.74) is 9.41. The number of primary amides is 1. The highest BCUT2D eigenvalue weighted by molar-refractivity contribution is 5.92. The first kappa shape index (κ1) is 15.8. The first-order valence-electron chi connectivity index (χ1n) is 7.95. The Kier molecular flexibility index (Phi) is 4.92. The molecule has 3 aromatic carbocycles. The van der Waals surface area contributed by atoms with E-state index < -0.39 is 5.91 Å². The summed E-state index contributed by atoms with van der Waals surface area (Å²) >= 11 is 0. The largest absolute Gasteiger partial charge is 0.366 e. The van der Waals surface area contributed by atoms with Crippen molar-refractivity contribution in [1.82, 2.24) is 0 Å². The van der Waals surface area contributed by atoms with Crippen LogP contribution in [0.2, 0.25) is 0 Å². The van der Waals surface area contributed by atoms with Gasteiger partial charge in [-0.1, -0.05) is 60.7 Å². The van der Waals surface area contributed by atoms with E-state index in [4.69, 9.17) is 5.73 Å². The van der Waals surface area contributed by atoms with Gasteiger partial charge >= 0.3 is 0 Å². The third-order valence-corrected chi connectivity index (χ3v) is 3.95. The summed E-state index contributed by atoms with van der Waals surface area (Å²) in [5.74, 6) is -0.397. The minimum Gasteiger partial charge on any atom is -0.366 e. The van der Waals surface area contributed by atoms with Crippen molar-refractivity contribution < 1.29 is 4.79 Å². The first-order valence-corrected chi connectivity index (χ1v) is 7.95. The molecule has 0 aliphatic rings. The van der Waals surface area contributed by atoms with Gasteiger partial charge in [0.05, 0.1) is 0 Å². The third kappa shape index (κ3) is 4.02. The molecule has 0 fully saturated rings. The van der Waals surface area contributed by atoms with Crippen LogP contribution in [-0.4, -0.2) is 5.91 Å². The van der Waals surface area contributed by atoms with Crippen LogP contribution in [0.1, 0.15) is 21.5 Å². The Labute approximate surface area is 142 Å². The lowest BCUT2D eigenvalue weighted by atomic mass is 10.1. The number of para-hydroxylation sites is 1. The molecular formula is C21H20N2O. The Morgan fingerprint density at radius 2 is 1.21 bits per heavy atom. The number of benzene rings is 3. The van der Waals surface area contributed by atoms with E-state index in [0.29, 0.717) is 5.56 Å². The van der Waals surface area contributed by atoms with E-state index in [2.05, 4.69) is 41.3 Å². The number of hydrogen-bond donors (Lipinski definition) is 1. The third-order valence-electron chi connectivity index (χ3n) is 3.95. The normalized spacial score (nSPS) is 10.3. The second-order valence-electron chi connectivity index (χ2n) is 5.74. The fraction of sp³-hybridized carbons (Fsp3) is 0.0952. The van der Waals surface area contributed by atoms with Crippen molar-refractivity contribution >= 4 is 11.6 Å². The number of hydrogen-bond acceptors (Lipinski definition) is 2. The summed E-state index contributed by atoms with van der Waals surface area (Å²) in [7, 11) is 0. The van der Waals surface area contributed by atoms with Crippen LogP contribution in [-0.2, 0) is 13.1 Å². The van der Waals surface area contributed by atoms with Gasteiger partial charge in [0, 0.05) is 24.3 Å². The zero-order valence-electron chi connectivity index (χ0n) is 13.4. The number of amides is 1. The van der Waals surface area contributed by atoms with Crippen molar-refractivity contribution in [1.29, 1.82) is 0 Å². The molecule has 2 N–H and O–H groups in total. The summed E-state index contributed by atoms with van der Waals surface area (Å²) in [5, 5.41) is 0. The highest BCUT2D eigenvalue weighted by atomic mass is 16.1. The Morgan fingerprint density at radius 3 is 1.75 bits per heavy atom. The fourth-order valence-corrected chi connectivity index (χ4v) is 2.68. The predicted octanol–water partition coefficient (Wildman–Crippen LogP) is 3.99. The minimum atomic E-state index is -0.397. The second kappa shape index (κ2) is 7.47. The lowest BCUT2D eigenvalue weighted by Gasteiger charge is -2.25. The Hall–Kier alpha value is -3.07. The molecule has 0 aromatic heterocycles. The highest BCUT2D eigenvalue weighted by Crippen LogP contribution is 2.20. The molecule has 3 aromatic rings. The molecule has 24 heavy (non-hydrogen) atoms. The fourth-order valence-electron chi connectivity index (χ4n) is 2.68. The van der Waals surface area contributed by atoms with Crippen molar-refractivity contribution in [3.63, 3.8) is 0 Å². The minimum absolute atomic E-state index is 0.397. The van der Waals surface area contributed by atoms with Crippen molar-refractivity contribution in [2.75, 3.05) is 4.90 Å². The van der Waals surface area contributed by atoms with Crippen molar-refractivity contribution in [2.24, 2.45) is 5.73 Å². The lowest BCUT2D eigenvalue weighted by molar-refractivity contribution is 0.100.